The first kappa shape index (κ1) is 22.3. The fraction of sp³-hybridized carbons (Fsp3) is 0.571. The van der Waals surface area contributed by atoms with E-state index in [-0.39, 0.29) is 12.0 Å². The number of anilines is 2. The predicted octanol–water partition coefficient (Wildman–Crippen LogP) is 2.78. The summed E-state index contributed by atoms with van der Waals surface area (Å²) in [4.78, 5) is 29.6. The van der Waals surface area contributed by atoms with Crippen molar-refractivity contribution < 1.29 is 18.7 Å². The van der Waals surface area contributed by atoms with Crippen LogP contribution in [0.2, 0.25) is 0 Å². The Bertz CT molecular complexity index is 811. The zero-order valence-electron chi connectivity index (χ0n) is 17.7. The van der Waals surface area contributed by atoms with Gasteiger partial charge in [0.25, 0.3) is 0 Å². The van der Waals surface area contributed by atoms with Crippen LogP contribution in [0, 0.1) is 11.7 Å². The number of cyclic esters (lactones) is 1. The van der Waals surface area contributed by atoms with E-state index in [0.29, 0.717) is 56.6 Å². The van der Waals surface area contributed by atoms with E-state index >= 15 is 0 Å². The largest absolute Gasteiger partial charge is 0.442 e. The van der Waals surface area contributed by atoms with Gasteiger partial charge in [0.05, 0.1) is 29.5 Å². The summed E-state index contributed by atoms with van der Waals surface area (Å²) in [6.45, 7) is 8.79. The van der Waals surface area contributed by atoms with Gasteiger partial charge in [-0.1, -0.05) is 26.1 Å². The van der Waals surface area contributed by atoms with Crippen molar-refractivity contribution in [2.45, 2.75) is 33.3 Å². The van der Waals surface area contributed by atoms with E-state index in [1.807, 2.05) is 4.90 Å². The number of rotatable bonds is 6. The molecule has 0 aliphatic carbocycles. The van der Waals surface area contributed by atoms with Crippen molar-refractivity contribution in [3.05, 3.63) is 24.0 Å². The molecule has 30 heavy (non-hydrogen) atoms. The number of halogens is 1. The Morgan fingerprint density at radius 3 is 2.60 bits per heavy atom. The van der Waals surface area contributed by atoms with Gasteiger partial charge >= 0.3 is 6.09 Å². The number of benzene rings is 1. The molecule has 0 radical (unpaired) electrons. The smallest absolute Gasteiger partial charge is 0.414 e. The van der Waals surface area contributed by atoms with Gasteiger partial charge in [0, 0.05) is 39.5 Å². The Morgan fingerprint density at radius 1 is 1.30 bits per heavy atom. The molecule has 0 unspecified atom stereocenters. The normalized spacial score (nSPS) is 19.3. The minimum absolute atomic E-state index is 0.0343. The highest BCUT2D eigenvalue weighted by molar-refractivity contribution is 7.80. The van der Waals surface area contributed by atoms with Crippen LogP contribution in [-0.4, -0.2) is 67.3 Å². The molecule has 0 spiro atoms. The van der Waals surface area contributed by atoms with Gasteiger partial charge in [-0.05, 0) is 24.1 Å². The van der Waals surface area contributed by atoms with Crippen molar-refractivity contribution in [1.29, 1.82) is 0 Å². The van der Waals surface area contributed by atoms with Gasteiger partial charge in [-0.25, -0.2) is 9.18 Å². The lowest BCUT2D eigenvalue weighted by Crippen LogP contribution is -2.48. The Kier molecular flexibility index (Phi) is 7.12. The third-order valence-electron chi connectivity index (χ3n) is 5.30. The number of carbonyl (C=O) groups excluding carboxylic acids is 2. The number of nitrogens with one attached hydrogen (secondary N) is 1. The van der Waals surface area contributed by atoms with E-state index in [2.05, 4.69) is 19.2 Å². The Morgan fingerprint density at radius 2 is 2.00 bits per heavy atom. The van der Waals surface area contributed by atoms with Gasteiger partial charge in [0.2, 0.25) is 5.91 Å². The molecule has 1 N–H and O–H groups in total. The summed E-state index contributed by atoms with van der Waals surface area (Å²) >= 11 is 5.29. The topological polar surface area (TPSA) is 65.1 Å². The van der Waals surface area contributed by atoms with Crippen molar-refractivity contribution >= 4 is 40.6 Å². The first-order valence-corrected chi connectivity index (χ1v) is 10.7. The first-order valence-electron chi connectivity index (χ1n) is 10.3. The lowest BCUT2D eigenvalue weighted by atomic mass is 10.1. The van der Waals surface area contributed by atoms with Gasteiger partial charge in [-0.2, -0.15) is 0 Å². The maximum atomic E-state index is 14.8. The van der Waals surface area contributed by atoms with Gasteiger partial charge in [0.1, 0.15) is 11.9 Å². The predicted molar refractivity (Wildman–Crippen MR) is 119 cm³/mol. The van der Waals surface area contributed by atoms with Crippen molar-refractivity contribution in [3.63, 3.8) is 0 Å². The van der Waals surface area contributed by atoms with Crippen LogP contribution in [0.4, 0.5) is 20.6 Å². The summed E-state index contributed by atoms with van der Waals surface area (Å²) in [5.41, 5.74) is 0.947. The van der Waals surface area contributed by atoms with E-state index in [9.17, 15) is 14.0 Å². The second-order valence-corrected chi connectivity index (χ2v) is 8.64. The molecular weight excluding hydrogens is 407 g/mol. The third-order valence-corrected chi connectivity index (χ3v) is 5.61. The molecular formula is C21H29FN4O3S. The van der Waals surface area contributed by atoms with Crippen LogP contribution < -0.4 is 15.1 Å². The molecule has 2 heterocycles. The summed E-state index contributed by atoms with van der Waals surface area (Å²) in [6.07, 6.45) is -0.0450. The average molecular weight is 437 g/mol. The molecule has 1 atom stereocenters. The fourth-order valence-corrected chi connectivity index (χ4v) is 4.11. The van der Waals surface area contributed by atoms with Crippen molar-refractivity contribution in [1.82, 2.24) is 10.2 Å². The molecule has 9 heteroatoms. The molecule has 164 valence electrons. The number of piperazine rings is 1. The molecule has 2 aliphatic rings. The highest BCUT2D eigenvalue weighted by Crippen LogP contribution is 2.28. The molecule has 0 saturated carbocycles. The van der Waals surface area contributed by atoms with Crippen LogP contribution in [0.3, 0.4) is 0 Å². The number of nitrogens with zero attached hydrogens (tertiary/aromatic N) is 3. The summed E-state index contributed by atoms with van der Waals surface area (Å²) < 4.78 is 20.2. The maximum Gasteiger partial charge on any atom is 0.414 e. The van der Waals surface area contributed by atoms with E-state index in [4.69, 9.17) is 17.0 Å². The minimum atomic E-state index is -0.487. The molecule has 1 aromatic carbocycles. The van der Waals surface area contributed by atoms with E-state index in [0.717, 1.165) is 11.4 Å². The number of thiocarbonyl (C=S) groups is 1. The average Bonchev–Trinajstić information content (AvgIpc) is 3.06. The zero-order valence-corrected chi connectivity index (χ0v) is 18.5. The minimum Gasteiger partial charge on any atom is -0.442 e. The molecule has 2 amide bonds. The maximum absolute atomic E-state index is 14.8. The SMILES string of the molecule is CC(=O)N1CCN(c2ccc(N3C[C@H](CNC(=S)CC(C)C)OC3=O)cc2F)CC1. The second-order valence-electron chi connectivity index (χ2n) is 8.15. The van der Waals surface area contributed by atoms with Crippen LogP contribution in [0.5, 0.6) is 0 Å². The molecule has 3 rings (SSSR count). The quantitative estimate of drug-likeness (QED) is 0.692. The van der Waals surface area contributed by atoms with Gasteiger partial charge in [-0.3, -0.25) is 9.69 Å². The number of ether oxygens (including phenoxy) is 1. The summed E-state index contributed by atoms with van der Waals surface area (Å²) in [6, 6.07) is 4.79. The Labute approximate surface area is 182 Å². The van der Waals surface area contributed by atoms with Gasteiger partial charge in [0.15, 0.2) is 0 Å². The highest BCUT2D eigenvalue weighted by atomic mass is 32.1. The number of carbonyl (C=O) groups is 2. The molecule has 7 nitrogen and oxygen atoms in total. The lowest BCUT2D eigenvalue weighted by Gasteiger charge is -2.35. The number of amides is 2. The second kappa shape index (κ2) is 9.59. The molecule has 2 fully saturated rings. The van der Waals surface area contributed by atoms with Crippen molar-refractivity contribution in [2.75, 3.05) is 49.1 Å². The lowest BCUT2D eigenvalue weighted by molar-refractivity contribution is -0.129. The molecule has 0 bridgehead atoms. The van der Waals surface area contributed by atoms with Crippen LogP contribution >= 0.6 is 12.2 Å². The molecule has 2 saturated heterocycles. The third kappa shape index (κ3) is 5.38. The standard InChI is InChI=1S/C21H29FN4O3S/c1-14(2)10-20(30)23-12-17-13-26(21(28)29-17)16-4-5-19(18(22)11-16)25-8-6-24(7-9-25)15(3)27/h4-5,11,14,17H,6-10,12-13H2,1-3H3,(H,23,30)/t17-/m0/s1. The Balaban J connectivity index is 1.59. The summed E-state index contributed by atoms with van der Waals surface area (Å²) in [7, 11) is 0. The van der Waals surface area contributed by atoms with Crippen LogP contribution in [0.25, 0.3) is 0 Å². The first-order chi connectivity index (χ1) is 14.2. The molecule has 0 aromatic heterocycles. The molecule has 1 aromatic rings. The van der Waals surface area contributed by atoms with Gasteiger partial charge < -0.3 is 19.9 Å². The van der Waals surface area contributed by atoms with Crippen LogP contribution in [-0.2, 0) is 9.53 Å². The number of hydrogen-bond donors (Lipinski definition) is 1. The van der Waals surface area contributed by atoms with Crippen LogP contribution in [0.15, 0.2) is 18.2 Å². The van der Waals surface area contributed by atoms with Crippen LogP contribution in [0.1, 0.15) is 27.2 Å². The van der Waals surface area contributed by atoms with E-state index < -0.39 is 11.9 Å². The fourth-order valence-electron chi connectivity index (χ4n) is 3.69. The van der Waals surface area contributed by atoms with E-state index in [1.54, 1.807) is 24.0 Å². The van der Waals surface area contributed by atoms with Crippen molar-refractivity contribution in [3.8, 4) is 0 Å². The molecule has 2 aliphatic heterocycles. The Hall–Kier alpha value is -2.42. The van der Waals surface area contributed by atoms with E-state index in [1.165, 1.54) is 11.0 Å². The monoisotopic (exact) mass is 436 g/mol. The zero-order chi connectivity index (χ0) is 21.8. The number of hydrogen-bond acceptors (Lipinski definition) is 5. The van der Waals surface area contributed by atoms with Crippen molar-refractivity contribution in [2.24, 2.45) is 5.92 Å². The summed E-state index contributed by atoms with van der Waals surface area (Å²) in [5, 5.41) is 3.14. The van der Waals surface area contributed by atoms with Gasteiger partial charge in [-0.15, -0.1) is 0 Å². The summed E-state index contributed by atoms with van der Waals surface area (Å²) in [5.74, 6) is 0.0999. The highest BCUT2D eigenvalue weighted by Gasteiger charge is 2.33.